The molecule has 0 amide bonds. The predicted octanol–water partition coefficient (Wildman–Crippen LogP) is 1.92. The Morgan fingerprint density at radius 1 is 1.19 bits per heavy atom. The number of rotatable bonds is 3. The molecule has 1 aromatic rings. The van der Waals surface area contributed by atoms with Crippen LogP contribution in [0.3, 0.4) is 0 Å². The second-order valence-corrected chi connectivity index (χ2v) is 4.91. The number of halogens is 3. The molecule has 0 fully saturated rings. The summed E-state index contributed by atoms with van der Waals surface area (Å²) in [7, 11) is -4.11. The second kappa shape index (κ2) is 4.42. The molecule has 0 aliphatic carbocycles. The Morgan fingerprint density at radius 3 is 2.12 bits per heavy atom. The van der Waals surface area contributed by atoms with Crippen LogP contribution >= 0.6 is 0 Å². The molecule has 0 saturated heterocycles. The fourth-order valence-corrected chi connectivity index (χ4v) is 2.22. The topological polar surface area (TPSA) is 46.2 Å². The van der Waals surface area contributed by atoms with E-state index in [1.165, 1.54) is 24.3 Å². The van der Waals surface area contributed by atoms with E-state index in [1.807, 2.05) is 0 Å². The molecule has 90 valence electrons. The van der Waals surface area contributed by atoms with E-state index in [-0.39, 0.29) is 4.90 Å². The smallest absolute Gasteiger partial charge is 0.207 e. The molecule has 0 saturated carbocycles. The lowest BCUT2D eigenvalue weighted by molar-refractivity contribution is -0.147. The lowest BCUT2D eigenvalue weighted by Crippen LogP contribution is -2.42. The van der Waals surface area contributed by atoms with E-state index in [1.54, 1.807) is 10.8 Å². The lowest BCUT2D eigenvalue weighted by atomic mass is 10.4. The van der Waals surface area contributed by atoms with Crippen LogP contribution in [0.5, 0.6) is 0 Å². The van der Waals surface area contributed by atoms with Gasteiger partial charge in [-0.3, -0.25) is 0 Å². The van der Waals surface area contributed by atoms with Crippen LogP contribution in [-0.4, -0.2) is 20.6 Å². The van der Waals surface area contributed by atoms with Gasteiger partial charge in [-0.1, -0.05) is 18.2 Å². The van der Waals surface area contributed by atoms with Gasteiger partial charge in [-0.15, -0.1) is 0 Å². The van der Waals surface area contributed by atoms with Gasteiger partial charge in [0.2, 0.25) is 10.0 Å². The number of alkyl halides is 3. The summed E-state index contributed by atoms with van der Waals surface area (Å²) in [6.45, 7) is 0.750. The van der Waals surface area contributed by atoms with Gasteiger partial charge in [0.1, 0.15) is 6.04 Å². The summed E-state index contributed by atoms with van der Waals surface area (Å²) < 4.78 is 61.0. The highest BCUT2D eigenvalue weighted by atomic mass is 32.2. The molecule has 0 unspecified atom stereocenters. The maximum Gasteiger partial charge on any atom is 0.404 e. The van der Waals surface area contributed by atoms with Crippen LogP contribution in [0, 0.1) is 0 Å². The predicted molar refractivity (Wildman–Crippen MR) is 52.3 cm³/mol. The van der Waals surface area contributed by atoms with Crippen LogP contribution in [0.1, 0.15) is 6.92 Å². The van der Waals surface area contributed by atoms with Gasteiger partial charge in [-0.25, -0.2) is 8.42 Å². The SMILES string of the molecule is C[C@H](NS(=O)(=O)c1ccccc1)C(F)(F)F. The molecule has 0 heterocycles. The van der Waals surface area contributed by atoms with Crippen molar-refractivity contribution in [1.29, 1.82) is 0 Å². The van der Waals surface area contributed by atoms with Crippen molar-refractivity contribution >= 4 is 10.0 Å². The quantitative estimate of drug-likeness (QED) is 0.894. The summed E-state index contributed by atoms with van der Waals surface area (Å²) in [6, 6.07) is 4.79. The largest absolute Gasteiger partial charge is 0.404 e. The molecule has 1 aromatic carbocycles. The van der Waals surface area contributed by atoms with Crippen LogP contribution in [0.15, 0.2) is 35.2 Å². The van der Waals surface area contributed by atoms with Gasteiger partial charge in [-0.2, -0.15) is 17.9 Å². The molecule has 0 aliphatic rings. The lowest BCUT2D eigenvalue weighted by Gasteiger charge is -2.17. The minimum absolute atomic E-state index is 0.189. The van der Waals surface area contributed by atoms with E-state index in [9.17, 15) is 21.6 Å². The van der Waals surface area contributed by atoms with Crippen molar-refractivity contribution in [3.63, 3.8) is 0 Å². The van der Waals surface area contributed by atoms with Crippen LogP contribution in [-0.2, 0) is 10.0 Å². The highest BCUT2D eigenvalue weighted by molar-refractivity contribution is 7.89. The molecule has 0 aliphatic heterocycles. The van der Waals surface area contributed by atoms with Crippen molar-refractivity contribution in [1.82, 2.24) is 4.72 Å². The summed E-state index contributed by atoms with van der Waals surface area (Å²) in [5, 5.41) is 0. The first-order valence-electron chi connectivity index (χ1n) is 4.37. The summed E-state index contributed by atoms with van der Waals surface area (Å²) in [5.74, 6) is 0. The van der Waals surface area contributed by atoms with Gasteiger partial charge in [0.25, 0.3) is 0 Å². The zero-order chi connectivity index (χ0) is 12.4. The fourth-order valence-electron chi connectivity index (χ4n) is 0.967. The van der Waals surface area contributed by atoms with Gasteiger partial charge < -0.3 is 0 Å². The van der Waals surface area contributed by atoms with E-state index in [2.05, 4.69) is 0 Å². The van der Waals surface area contributed by atoms with Crippen LogP contribution in [0.25, 0.3) is 0 Å². The Balaban J connectivity index is 2.90. The van der Waals surface area contributed by atoms with Crippen molar-refractivity contribution in [3.8, 4) is 0 Å². The first-order valence-corrected chi connectivity index (χ1v) is 5.86. The van der Waals surface area contributed by atoms with Gasteiger partial charge in [0, 0.05) is 0 Å². The first-order chi connectivity index (χ1) is 7.23. The van der Waals surface area contributed by atoms with Crippen LogP contribution in [0.2, 0.25) is 0 Å². The van der Waals surface area contributed by atoms with Crippen LogP contribution < -0.4 is 4.72 Å². The maximum atomic E-state index is 12.2. The maximum absolute atomic E-state index is 12.2. The van der Waals surface area contributed by atoms with Crippen LogP contribution in [0.4, 0.5) is 13.2 Å². The number of hydrogen-bond acceptors (Lipinski definition) is 2. The standard InChI is InChI=1S/C9H10F3NO2S/c1-7(9(10,11)12)13-16(14,15)8-5-3-2-4-6-8/h2-7,13H,1H3/t7-/m0/s1. The monoisotopic (exact) mass is 253 g/mol. The van der Waals surface area contributed by atoms with E-state index in [0.717, 1.165) is 6.92 Å². The Bertz CT molecular complexity index is 442. The summed E-state index contributed by atoms with van der Waals surface area (Å²) in [5.41, 5.74) is 0. The number of benzene rings is 1. The highest BCUT2D eigenvalue weighted by Gasteiger charge is 2.38. The Hall–Kier alpha value is -1.08. The molecule has 16 heavy (non-hydrogen) atoms. The number of nitrogens with one attached hydrogen (secondary N) is 1. The highest BCUT2D eigenvalue weighted by Crippen LogP contribution is 2.21. The molecule has 0 aromatic heterocycles. The van der Waals surface area contributed by atoms with E-state index >= 15 is 0 Å². The second-order valence-electron chi connectivity index (χ2n) is 3.20. The fraction of sp³-hybridized carbons (Fsp3) is 0.333. The van der Waals surface area contributed by atoms with Gasteiger partial charge in [0.15, 0.2) is 0 Å². The Morgan fingerprint density at radius 2 is 1.69 bits per heavy atom. The Kier molecular flexibility index (Phi) is 3.59. The molecule has 1 N–H and O–H groups in total. The summed E-state index contributed by atoms with van der Waals surface area (Å²) in [4.78, 5) is -0.189. The number of sulfonamides is 1. The molecule has 1 atom stereocenters. The zero-order valence-electron chi connectivity index (χ0n) is 8.32. The molecule has 0 spiro atoms. The van der Waals surface area contributed by atoms with Crippen molar-refractivity contribution in [2.75, 3.05) is 0 Å². The molecule has 0 radical (unpaired) electrons. The Labute approximate surface area is 91.3 Å². The van der Waals surface area contributed by atoms with E-state index in [0.29, 0.717) is 0 Å². The molecule has 7 heteroatoms. The molecular weight excluding hydrogens is 243 g/mol. The first kappa shape index (κ1) is 13.0. The van der Waals surface area contributed by atoms with E-state index < -0.39 is 22.2 Å². The minimum Gasteiger partial charge on any atom is -0.207 e. The normalized spacial score (nSPS) is 14.8. The van der Waals surface area contributed by atoms with Gasteiger partial charge >= 0.3 is 6.18 Å². The average molecular weight is 253 g/mol. The molecule has 1 rings (SSSR count). The van der Waals surface area contributed by atoms with Crippen molar-refractivity contribution in [3.05, 3.63) is 30.3 Å². The van der Waals surface area contributed by atoms with Gasteiger partial charge in [0.05, 0.1) is 4.90 Å². The van der Waals surface area contributed by atoms with Gasteiger partial charge in [-0.05, 0) is 19.1 Å². The third-order valence-corrected chi connectivity index (χ3v) is 3.43. The number of hydrogen-bond donors (Lipinski definition) is 1. The van der Waals surface area contributed by atoms with Crippen molar-refractivity contribution in [2.45, 2.75) is 24.0 Å². The summed E-state index contributed by atoms with van der Waals surface area (Å²) in [6.07, 6.45) is -4.60. The summed E-state index contributed by atoms with van der Waals surface area (Å²) >= 11 is 0. The van der Waals surface area contributed by atoms with E-state index in [4.69, 9.17) is 0 Å². The molecule has 0 bridgehead atoms. The van der Waals surface area contributed by atoms with Crippen molar-refractivity contribution in [2.24, 2.45) is 0 Å². The average Bonchev–Trinajstić information content (AvgIpc) is 2.17. The molecule has 3 nitrogen and oxygen atoms in total. The zero-order valence-corrected chi connectivity index (χ0v) is 9.14. The third kappa shape index (κ3) is 3.21. The molecular formula is C9H10F3NO2S. The minimum atomic E-state index is -4.60. The van der Waals surface area contributed by atoms with Crippen molar-refractivity contribution < 1.29 is 21.6 Å². The third-order valence-electron chi connectivity index (χ3n) is 1.88.